The van der Waals surface area contributed by atoms with E-state index in [4.69, 9.17) is 16.1 Å². The summed E-state index contributed by atoms with van der Waals surface area (Å²) in [6.07, 6.45) is 4.82. The molecule has 1 N–H and O–H groups in total. The van der Waals surface area contributed by atoms with Crippen molar-refractivity contribution in [2.24, 2.45) is 5.92 Å². The van der Waals surface area contributed by atoms with Crippen LogP contribution < -0.4 is 5.32 Å². The van der Waals surface area contributed by atoms with Crippen LogP contribution in [0.25, 0.3) is 11.3 Å². The molecule has 0 radical (unpaired) electrons. The Labute approximate surface area is 181 Å². The lowest BCUT2D eigenvalue weighted by atomic mass is 9.97. The topological polar surface area (TPSA) is 75.4 Å². The number of amides is 2. The van der Waals surface area contributed by atoms with Gasteiger partial charge in [0.15, 0.2) is 0 Å². The predicted molar refractivity (Wildman–Crippen MR) is 115 cm³/mol. The first-order chi connectivity index (χ1) is 14.4. The first kappa shape index (κ1) is 20.7. The van der Waals surface area contributed by atoms with Crippen molar-refractivity contribution in [3.8, 4) is 11.3 Å². The van der Waals surface area contributed by atoms with Gasteiger partial charge < -0.3 is 14.7 Å². The molecule has 1 aromatic heterocycles. The summed E-state index contributed by atoms with van der Waals surface area (Å²) in [6.45, 7) is 4.50. The van der Waals surface area contributed by atoms with Gasteiger partial charge in [0, 0.05) is 22.3 Å². The molecule has 1 aliphatic heterocycles. The minimum absolute atomic E-state index is 0.116. The molecule has 1 saturated heterocycles. The maximum absolute atomic E-state index is 13.4. The zero-order valence-corrected chi connectivity index (χ0v) is 18.0. The molecular formula is C23H26ClN3O3. The Morgan fingerprint density at radius 3 is 2.63 bits per heavy atom. The third kappa shape index (κ3) is 4.29. The molecule has 0 spiro atoms. The van der Waals surface area contributed by atoms with Gasteiger partial charge in [-0.3, -0.25) is 9.59 Å². The maximum atomic E-state index is 13.4. The van der Waals surface area contributed by atoms with Crippen molar-refractivity contribution < 1.29 is 14.1 Å². The third-order valence-electron chi connectivity index (χ3n) is 5.73. The van der Waals surface area contributed by atoms with E-state index in [2.05, 4.69) is 10.5 Å². The van der Waals surface area contributed by atoms with E-state index < -0.39 is 6.04 Å². The van der Waals surface area contributed by atoms with Crippen LogP contribution in [0.15, 0.2) is 46.1 Å². The summed E-state index contributed by atoms with van der Waals surface area (Å²) in [5, 5.41) is 7.76. The van der Waals surface area contributed by atoms with E-state index in [9.17, 15) is 9.59 Å². The minimum Gasteiger partial charge on any atom is -0.350 e. The second kappa shape index (κ2) is 8.64. The summed E-state index contributed by atoms with van der Waals surface area (Å²) in [4.78, 5) is 27.9. The molecule has 2 amide bonds. The number of aromatic nitrogens is 1. The van der Waals surface area contributed by atoms with E-state index in [-0.39, 0.29) is 23.5 Å². The van der Waals surface area contributed by atoms with E-state index in [1.54, 1.807) is 23.1 Å². The first-order valence-electron chi connectivity index (χ1n) is 10.5. The quantitative estimate of drug-likeness (QED) is 0.759. The molecule has 0 unspecified atom stereocenters. The molecule has 1 atom stereocenters. The van der Waals surface area contributed by atoms with Gasteiger partial charge in [-0.2, -0.15) is 0 Å². The van der Waals surface area contributed by atoms with Crippen LogP contribution in [0.3, 0.4) is 0 Å². The van der Waals surface area contributed by atoms with Crippen LogP contribution in [0.5, 0.6) is 0 Å². The SMILES string of the molecule is CC(C)C[C@H]1C(=O)NC(=C2CCCC2)CN1C(=O)c1cc(-c2ccc(Cl)cc2)no1. The standard InChI is InChI=1S/C23H26ClN3O3/c1-14(2)11-20-22(28)25-19(15-5-3-4-6-15)13-27(20)23(29)21-12-18(26-30-21)16-7-9-17(24)10-8-16/h7-10,12,14,20H,3-6,11,13H2,1-2H3,(H,25,28)/t20-/m0/s1. The highest BCUT2D eigenvalue weighted by molar-refractivity contribution is 6.30. The van der Waals surface area contributed by atoms with Gasteiger partial charge in [0.05, 0.1) is 6.54 Å². The number of rotatable bonds is 4. The molecule has 158 valence electrons. The van der Waals surface area contributed by atoms with Gasteiger partial charge in [-0.15, -0.1) is 0 Å². The molecule has 30 heavy (non-hydrogen) atoms. The van der Waals surface area contributed by atoms with Gasteiger partial charge in [-0.05, 0) is 55.7 Å². The molecule has 1 aromatic carbocycles. The number of hydrogen-bond acceptors (Lipinski definition) is 4. The lowest BCUT2D eigenvalue weighted by Crippen LogP contribution is -2.56. The molecule has 1 saturated carbocycles. The fourth-order valence-corrected chi connectivity index (χ4v) is 4.29. The predicted octanol–water partition coefficient (Wildman–Crippen LogP) is 4.81. The van der Waals surface area contributed by atoms with Crippen LogP contribution in [-0.2, 0) is 4.79 Å². The number of halogens is 1. The average Bonchev–Trinajstić information content (AvgIpc) is 3.41. The fraction of sp³-hybridized carbons (Fsp3) is 0.435. The Bertz CT molecular complexity index is 970. The number of piperazine rings is 1. The summed E-state index contributed by atoms with van der Waals surface area (Å²) >= 11 is 5.95. The van der Waals surface area contributed by atoms with E-state index in [0.717, 1.165) is 36.9 Å². The average molecular weight is 428 g/mol. The normalized spacial score (nSPS) is 19.5. The van der Waals surface area contributed by atoms with Gasteiger partial charge in [0.1, 0.15) is 11.7 Å². The molecule has 0 bridgehead atoms. The van der Waals surface area contributed by atoms with Crippen molar-refractivity contribution in [1.82, 2.24) is 15.4 Å². The van der Waals surface area contributed by atoms with Crippen molar-refractivity contribution in [3.05, 3.63) is 52.4 Å². The van der Waals surface area contributed by atoms with Crippen LogP contribution in [-0.4, -0.2) is 34.5 Å². The van der Waals surface area contributed by atoms with Gasteiger partial charge in [-0.25, -0.2) is 0 Å². The number of carbonyl (C=O) groups excluding carboxylic acids is 2. The summed E-state index contributed by atoms with van der Waals surface area (Å²) < 4.78 is 5.39. The van der Waals surface area contributed by atoms with Gasteiger partial charge >= 0.3 is 0 Å². The van der Waals surface area contributed by atoms with E-state index in [0.29, 0.717) is 23.7 Å². The van der Waals surface area contributed by atoms with Crippen molar-refractivity contribution in [2.45, 2.75) is 52.0 Å². The third-order valence-corrected chi connectivity index (χ3v) is 5.98. The number of nitrogens with zero attached hydrogens (tertiary/aromatic N) is 2. The first-order valence-corrected chi connectivity index (χ1v) is 10.9. The number of carbonyl (C=O) groups is 2. The Balaban J connectivity index is 1.62. The summed E-state index contributed by atoms with van der Waals surface area (Å²) in [5.41, 5.74) is 3.50. The zero-order valence-electron chi connectivity index (χ0n) is 17.3. The molecule has 1 aliphatic carbocycles. The molecular weight excluding hydrogens is 402 g/mol. The highest BCUT2D eigenvalue weighted by Crippen LogP contribution is 2.30. The molecule has 7 heteroatoms. The summed E-state index contributed by atoms with van der Waals surface area (Å²) in [5.74, 6) is -0.00952. The zero-order chi connectivity index (χ0) is 21.3. The number of nitrogens with one attached hydrogen (secondary N) is 1. The molecule has 6 nitrogen and oxygen atoms in total. The molecule has 2 aromatic rings. The van der Waals surface area contributed by atoms with Crippen LogP contribution in [0, 0.1) is 5.92 Å². The van der Waals surface area contributed by atoms with E-state index in [1.165, 1.54) is 5.57 Å². The van der Waals surface area contributed by atoms with Gasteiger partial charge in [0.2, 0.25) is 11.7 Å². The molecule has 2 aliphatic rings. The molecule has 2 fully saturated rings. The smallest absolute Gasteiger partial charge is 0.293 e. The lowest BCUT2D eigenvalue weighted by Gasteiger charge is -2.37. The summed E-state index contributed by atoms with van der Waals surface area (Å²) in [7, 11) is 0. The van der Waals surface area contributed by atoms with Crippen molar-refractivity contribution in [3.63, 3.8) is 0 Å². The second-order valence-corrected chi connectivity index (χ2v) is 8.88. The van der Waals surface area contributed by atoms with Crippen molar-refractivity contribution >= 4 is 23.4 Å². The van der Waals surface area contributed by atoms with Crippen LogP contribution in [0.4, 0.5) is 0 Å². The Morgan fingerprint density at radius 1 is 1.27 bits per heavy atom. The Hall–Kier alpha value is -2.60. The largest absolute Gasteiger partial charge is 0.350 e. The lowest BCUT2D eigenvalue weighted by molar-refractivity contribution is -0.127. The van der Waals surface area contributed by atoms with Crippen LogP contribution in [0.2, 0.25) is 5.02 Å². The maximum Gasteiger partial charge on any atom is 0.293 e. The number of hydrogen-bond donors (Lipinski definition) is 1. The second-order valence-electron chi connectivity index (χ2n) is 8.44. The highest BCUT2D eigenvalue weighted by Gasteiger charge is 2.38. The van der Waals surface area contributed by atoms with Crippen LogP contribution >= 0.6 is 11.6 Å². The highest BCUT2D eigenvalue weighted by atomic mass is 35.5. The van der Waals surface area contributed by atoms with Crippen LogP contribution in [0.1, 0.15) is 56.5 Å². The van der Waals surface area contributed by atoms with E-state index >= 15 is 0 Å². The van der Waals surface area contributed by atoms with E-state index in [1.807, 2.05) is 26.0 Å². The van der Waals surface area contributed by atoms with Crippen molar-refractivity contribution in [1.29, 1.82) is 0 Å². The minimum atomic E-state index is -0.521. The fourth-order valence-electron chi connectivity index (χ4n) is 4.17. The molecule has 4 rings (SSSR count). The Kier molecular flexibility index (Phi) is 5.95. The van der Waals surface area contributed by atoms with Gasteiger partial charge in [0.25, 0.3) is 5.91 Å². The Morgan fingerprint density at radius 2 is 1.97 bits per heavy atom. The summed E-state index contributed by atoms with van der Waals surface area (Å²) in [6, 6.07) is 8.29. The van der Waals surface area contributed by atoms with Crippen molar-refractivity contribution in [2.75, 3.05) is 6.54 Å². The van der Waals surface area contributed by atoms with Gasteiger partial charge in [-0.1, -0.05) is 42.7 Å². The molecule has 2 heterocycles. The number of benzene rings is 1. The monoisotopic (exact) mass is 427 g/mol. The number of allylic oxidation sites excluding steroid dienone is 1.